The van der Waals surface area contributed by atoms with E-state index in [1.54, 1.807) is 12.1 Å². The minimum Gasteiger partial charge on any atom is -0.466 e. The van der Waals surface area contributed by atoms with E-state index in [1.165, 1.54) is 30.2 Å². The first-order valence-electron chi connectivity index (χ1n) is 8.53. The molecule has 0 unspecified atom stereocenters. The first-order valence-corrected chi connectivity index (χ1v) is 8.53. The van der Waals surface area contributed by atoms with Gasteiger partial charge >= 0.3 is 6.09 Å². The minimum atomic E-state index is -0.742. The number of amides is 2. The molecule has 0 bridgehead atoms. The molecule has 2 amide bonds. The molecule has 2 atom stereocenters. The molecule has 8 nitrogen and oxygen atoms in total. The van der Waals surface area contributed by atoms with Crippen LogP contribution in [-0.2, 0) is 16.1 Å². The van der Waals surface area contributed by atoms with Crippen LogP contribution in [0.1, 0.15) is 18.2 Å². The smallest absolute Gasteiger partial charge is 0.413 e. The molecule has 2 aliphatic rings. The van der Waals surface area contributed by atoms with Crippen molar-refractivity contribution in [3.05, 3.63) is 47.5 Å². The Labute approximate surface area is 159 Å². The average molecular weight is 382 g/mol. The van der Waals surface area contributed by atoms with Gasteiger partial charge in [0.2, 0.25) is 12.1 Å². The quantitative estimate of drug-likeness (QED) is 0.870. The van der Waals surface area contributed by atoms with E-state index in [0.29, 0.717) is 22.4 Å². The van der Waals surface area contributed by atoms with Gasteiger partial charge in [-0.3, -0.25) is 9.69 Å². The maximum Gasteiger partial charge on any atom is 0.413 e. The predicted molar refractivity (Wildman–Crippen MR) is 93.3 cm³/mol. The third-order valence-electron chi connectivity index (χ3n) is 4.59. The first-order chi connectivity index (χ1) is 13.5. The van der Waals surface area contributed by atoms with Gasteiger partial charge in [0.1, 0.15) is 23.3 Å². The van der Waals surface area contributed by atoms with Crippen LogP contribution in [0.2, 0.25) is 0 Å². The zero-order chi connectivity index (χ0) is 19.8. The molecular formula is C19H15FN4O4. The number of nitriles is 1. The number of rotatable bonds is 3. The number of halogens is 1. The van der Waals surface area contributed by atoms with Gasteiger partial charge in [0.15, 0.2) is 6.10 Å². The molecule has 0 radical (unpaired) electrons. The molecule has 1 aromatic carbocycles. The lowest BCUT2D eigenvalue weighted by atomic mass is 10.0. The Morgan fingerprint density at radius 3 is 2.93 bits per heavy atom. The number of carbonyl (C=O) groups is 2. The van der Waals surface area contributed by atoms with Crippen LogP contribution in [0.3, 0.4) is 0 Å². The van der Waals surface area contributed by atoms with Gasteiger partial charge in [-0.2, -0.15) is 5.26 Å². The molecule has 1 fully saturated rings. The summed E-state index contributed by atoms with van der Waals surface area (Å²) in [4.78, 5) is 28.6. The molecule has 1 aromatic heterocycles. The molecule has 1 N–H and O–H groups in total. The number of nitrogens with zero attached hydrogens (tertiary/aromatic N) is 3. The van der Waals surface area contributed by atoms with E-state index < -0.39 is 24.2 Å². The van der Waals surface area contributed by atoms with Gasteiger partial charge in [-0.1, -0.05) is 0 Å². The SMILES string of the molecule is CC(=O)NC[C@@H]1OC(=O)N2Cc3cc(-c4ccc(C#N)nc4)c(F)cc3O[C@@H]12. The highest BCUT2D eigenvalue weighted by atomic mass is 19.1. The van der Waals surface area contributed by atoms with Crippen molar-refractivity contribution in [1.29, 1.82) is 5.26 Å². The van der Waals surface area contributed by atoms with Crippen molar-refractivity contribution in [1.82, 2.24) is 15.2 Å². The van der Waals surface area contributed by atoms with Crippen LogP contribution >= 0.6 is 0 Å². The highest BCUT2D eigenvalue weighted by Gasteiger charge is 2.46. The summed E-state index contributed by atoms with van der Waals surface area (Å²) in [7, 11) is 0. The molecule has 0 spiro atoms. The summed E-state index contributed by atoms with van der Waals surface area (Å²) in [6.07, 6.45) is -0.565. The number of fused-ring (bicyclic) bond motifs is 2. The van der Waals surface area contributed by atoms with Crippen molar-refractivity contribution in [3.63, 3.8) is 0 Å². The van der Waals surface area contributed by atoms with Crippen molar-refractivity contribution in [2.45, 2.75) is 25.8 Å². The van der Waals surface area contributed by atoms with E-state index in [2.05, 4.69) is 10.3 Å². The molecule has 0 saturated carbocycles. The number of pyridine rings is 1. The van der Waals surface area contributed by atoms with E-state index in [-0.39, 0.29) is 24.7 Å². The number of benzene rings is 1. The zero-order valence-corrected chi connectivity index (χ0v) is 14.8. The third-order valence-corrected chi connectivity index (χ3v) is 4.59. The van der Waals surface area contributed by atoms with E-state index in [4.69, 9.17) is 14.7 Å². The van der Waals surface area contributed by atoms with Crippen molar-refractivity contribution in [2.75, 3.05) is 6.54 Å². The zero-order valence-electron chi connectivity index (χ0n) is 14.8. The van der Waals surface area contributed by atoms with E-state index >= 15 is 0 Å². The van der Waals surface area contributed by atoms with Gasteiger partial charge < -0.3 is 14.8 Å². The van der Waals surface area contributed by atoms with Gasteiger partial charge in [0.05, 0.1) is 13.1 Å². The van der Waals surface area contributed by atoms with Gasteiger partial charge in [-0.05, 0) is 18.2 Å². The second kappa shape index (κ2) is 6.81. The van der Waals surface area contributed by atoms with Gasteiger partial charge in [-0.25, -0.2) is 14.2 Å². The first kappa shape index (κ1) is 17.7. The molecule has 28 heavy (non-hydrogen) atoms. The van der Waals surface area contributed by atoms with E-state index in [0.717, 1.165) is 0 Å². The van der Waals surface area contributed by atoms with Crippen LogP contribution in [0.15, 0.2) is 30.5 Å². The monoisotopic (exact) mass is 382 g/mol. The molecule has 4 rings (SSSR count). The lowest BCUT2D eigenvalue weighted by Gasteiger charge is -2.31. The molecule has 2 aromatic rings. The Morgan fingerprint density at radius 1 is 1.43 bits per heavy atom. The highest BCUT2D eigenvalue weighted by molar-refractivity contribution is 5.74. The highest BCUT2D eigenvalue weighted by Crippen LogP contribution is 2.37. The third kappa shape index (κ3) is 3.09. The van der Waals surface area contributed by atoms with Crippen LogP contribution in [0.5, 0.6) is 5.75 Å². The maximum absolute atomic E-state index is 14.7. The summed E-state index contributed by atoms with van der Waals surface area (Å²) >= 11 is 0. The Bertz CT molecular complexity index is 1000. The van der Waals surface area contributed by atoms with Crippen molar-refractivity contribution < 1.29 is 23.5 Å². The standard InChI is InChI=1S/C19H15FN4O4/c1-10(25)22-8-17-18-24(19(26)28-17)9-12-4-14(15(20)5-16(12)27-18)11-2-3-13(6-21)23-7-11/h2-5,7,17-18H,8-9H2,1H3,(H,22,25)/t17-,18-/m0/s1. The number of nitrogens with one attached hydrogen (secondary N) is 1. The Morgan fingerprint density at radius 2 is 2.25 bits per heavy atom. The van der Waals surface area contributed by atoms with Gasteiger partial charge in [0.25, 0.3) is 0 Å². The molecule has 1 saturated heterocycles. The molecule has 2 aliphatic heterocycles. The average Bonchev–Trinajstić information content (AvgIpc) is 2.99. The molecule has 0 aliphatic carbocycles. The Balaban J connectivity index is 1.63. The van der Waals surface area contributed by atoms with Crippen LogP contribution in [0.25, 0.3) is 11.1 Å². The number of ether oxygens (including phenoxy) is 2. The van der Waals surface area contributed by atoms with Crippen LogP contribution in [-0.4, -0.2) is 40.8 Å². The fourth-order valence-electron chi connectivity index (χ4n) is 3.23. The Hall–Kier alpha value is -3.67. The summed E-state index contributed by atoms with van der Waals surface area (Å²) < 4.78 is 25.8. The molecule has 9 heteroatoms. The summed E-state index contributed by atoms with van der Waals surface area (Å²) in [6.45, 7) is 1.65. The summed E-state index contributed by atoms with van der Waals surface area (Å²) in [6, 6.07) is 7.88. The van der Waals surface area contributed by atoms with Crippen molar-refractivity contribution >= 4 is 12.0 Å². The van der Waals surface area contributed by atoms with Gasteiger partial charge in [0, 0.05) is 35.9 Å². The molecule has 142 valence electrons. The largest absolute Gasteiger partial charge is 0.466 e. The second-order valence-corrected chi connectivity index (χ2v) is 6.48. The van der Waals surface area contributed by atoms with E-state index in [9.17, 15) is 14.0 Å². The predicted octanol–water partition coefficient (Wildman–Crippen LogP) is 1.93. The normalized spacial score (nSPS) is 19.8. The molecular weight excluding hydrogens is 367 g/mol. The lowest BCUT2D eigenvalue weighted by Crippen LogP contribution is -2.47. The van der Waals surface area contributed by atoms with E-state index in [1.807, 2.05) is 6.07 Å². The minimum absolute atomic E-state index is 0.106. The number of carbonyl (C=O) groups excluding carboxylic acids is 2. The number of aromatic nitrogens is 1. The van der Waals surface area contributed by atoms with Crippen LogP contribution < -0.4 is 10.1 Å². The van der Waals surface area contributed by atoms with Crippen LogP contribution in [0.4, 0.5) is 9.18 Å². The number of hydrogen-bond donors (Lipinski definition) is 1. The Kier molecular flexibility index (Phi) is 4.31. The maximum atomic E-state index is 14.7. The summed E-state index contributed by atoms with van der Waals surface area (Å²) in [5, 5.41) is 11.4. The summed E-state index contributed by atoms with van der Waals surface area (Å²) in [5.41, 5.74) is 1.65. The fourth-order valence-corrected chi connectivity index (χ4v) is 3.23. The van der Waals surface area contributed by atoms with Crippen molar-refractivity contribution in [2.24, 2.45) is 0 Å². The number of cyclic esters (lactones) is 1. The van der Waals surface area contributed by atoms with Gasteiger partial charge in [-0.15, -0.1) is 0 Å². The topological polar surface area (TPSA) is 105 Å². The van der Waals surface area contributed by atoms with Crippen molar-refractivity contribution in [3.8, 4) is 22.9 Å². The fraction of sp³-hybridized carbons (Fsp3) is 0.263. The lowest BCUT2D eigenvalue weighted by molar-refractivity contribution is -0.119. The summed E-state index contributed by atoms with van der Waals surface area (Å²) in [5.74, 6) is -0.449. The second-order valence-electron chi connectivity index (χ2n) is 6.48. The molecule has 3 heterocycles. The van der Waals surface area contributed by atoms with Crippen LogP contribution in [0, 0.1) is 17.1 Å². The number of hydrogen-bond acceptors (Lipinski definition) is 6.